The zero-order valence-corrected chi connectivity index (χ0v) is 11.6. The van der Waals surface area contributed by atoms with Crippen LogP contribution < -0.4 is 5.32 Å². The molecule has 20 heavy (non-hydrogen) atoms. The number of carbonyl (C=O) groups is 2. The molecule has 0 heterocycles. The standard InChI is InChI=1S/C15H18FNO3/c1-3-7-14(18)11(15(19)20-4-2)10-17-13-9-6-5-8-12(13)16/h5-6,8-10,17H,3-4,7H2,1-2H3/b11-10-. The Bertz CT molecular complexity index is 492. The lowest BCUT2D eigenvalue weighted by Gasteiger charge is -2.07. The van der Waals surface area contributed by atoms with Gasteiger partial charge in [-0.2, -0.15) is 0 Å². The quantitative estimate of drug-likeness (QED) is 0.361. The van der Waals surface area contributed by atoms with Crippen LogP contribution in [0.15, 0.2) is 36.0 Å². The molecule has 1 aromatic rings. The van der Waals surface area contributed by atoms with Gasteiger partial charge in [0.2, 0.25) is 0 Å². The second-order valence-corrected chi connectivity index (χ2v) is 4.08. The summed E-state index contributed by atoms with van der Waals surface area (Å²) in [7, 11) is 0. The average Bonchev–Trinajstić information content (AvgIpc) is 2.41. The van der Waals surface area contributed by atoms with Crippen molar-refractivity contribution >= 4 is 17.4 Å². The Labute approximate surface area is 117 Å². The summed E-state index contributed by atoms with van der Waals surface area (Å²) in [6.07, 6.45) is 2.06. The second kappa shape index (κ2) is 8.09. The molecule has 1 rings (SSSR count). The van der Waals surface area contributed by atoms with Gasteiger partial charge in [0, 0.05) is 12.6 Å². The van der Waals surface area contributed by atoms with E-state index in [0.717, 1.165) is 0 Å². The molecule has 1 N–H and O–H groups in total. The maximum Gasteiger partial charge on any atom is 0.343 e. The highest BCUT2D eigenvalue weighted by molar-refractivity contribution is 6.17. The average molecular weight is 279 g/mol. The number of benzene rings is 1. The maximum atomic E-state index is 13.4. The number of carbonyl (C=O) groups excluding carboxylic acids is 2. The Hall–Kier alpha value is -2.17. The van der Waals surface area contributed by atoms with Crippen LogP contribution in [0.4, 0.5) is 10.1 Å². The van der Waals surface area contributed by atoms with E-state index in [1.807, 2.05) is 6.92 Å². The first-order chi connectivity index (χ1) is 9.60. The zero-order valence-electron chi connectivity index (χ0n) is 11.6. The Kier molecular flexibility index (Phi) is 6.43. The lowest BCUT2D eigenvalue weighted by Crippen LogP contribution is -2.17. The van der Waals surface area contributed by atoms with Crippen LogP contribution in [0.25, 0.3) is 0 Å². The molecule has 108 valence electrons. The summed E-state index contributed by atoms with van der Waals surface area (Å²) in [5.74, 6) is -1.49. The summed E-state index contributed by atoms with van der Waals surface area (Å²) >= 11 is 0. The molecule has 0 aliphatic heterocycles. The fourth-order valence-electron chi connectivity index (χ4n) is 1.55. The van der Waals surface area contributed by atoms with Gasteiger partial charge in [-0.3, -0.25) is 4.79 Å². The normalized spacial score (nSPS) is 11.1. The van der Waals surface area contributed by atoms with Crippen molar-refractivity contribution in [3.8, 4) is 0 Å². The van der Waals surface area contributed by atoms with E-state index in [1.54, 1.807) is 19.1 Å². The van der Waals surface area contributed by atoms with Crippen LogP contribution in [0.5, 0.6) is 0 Å². The van der Waals surface area contributed by atoms with Crippen LogP contribution >= 0.6 is 0 Å². The van der Waals surface area contributed by atoms with Crippen LogP contribution in [-0.2, 0) is 14.3 Å². The van der Waals surface area contributed by atoms with Gasteiger partial charge >= 0.3 is 5.97 Å². The minimum Gasteiger partial charge on any atom is -0.462 e. The van der Waals surface area contributed by atoms with Crippen LogP contribution in [0.3, 0.4) is 0 Å². The van der Waals surface area contributed by atoms with E-state index >= 15 is 0 Å². The van der Waals surface area contributed by atoms with Crippen molar-refractivity contribution in [2.24, 2.45) is 0 Å². The van der Waals surface area contributed by atoms with Crippen molar-refractivity contribution < 1.29 is 18.7 Å². The first kappa shape index (κ1) is 15.9. The number of para-hydroxylation sites is 1. The van der Waals surface area contributed by atoms with Crippen molar-refractivity contribution in [2.75, 3.05) is 11.9 Å². The first-order valence-corrected chi connectivity index (χ1v) is 6.51. The lowest BCUT2D eigenvalue weighted by molar-refractivity contribution is -0.140. The Morgan fingerprint density at radius 1 is 1.30 bits per heavy atom. The van der Waals surface area contributed by atoms with E-state index in [-0.39, 0.29) is 30.1 Å². The third-order valence-electron chi connectivity index (χ3n) is 2.52. The minimum absolute atomic E-state index is 0.100. The minimum atomic E-state index is -0.699. The largest absolute Gasteiger partial charge is 0.462 e. The van der Waals surface area contributed by atoms with Gasteiger partial charge in [0.05, 0.1) is 12.3 Å². The highest BCUT2D eigenvalue weighted by atomic mass is 19.1. The predicted octanol–water partition coefficient (Wildman–Crippen LogP) is 3.05. The van der Waals surface area contributed by atoms with Gasteiger partial charge in [-0.25, -0.2) is 9.18 Å². The molecular formula is C15H18FNO3. The number of esters is 1. The van der Waals surface area contributed by atoms with E-state index in [2.05, 4.69) is 5.32 Å². The SMILES string of the molecule is CCCC(=O)/C(=C/Nc1ccccc1F)C(=O)OCC. The van der Waals surface area contributed by atoms with Crippen molar-refractivity contribution in [1.82, 2.24) is 0 Å². The van der Waals surface area contributed by atoms with Crippen LogP contribution in [0, 0.1) is 5.82 Å². The summed E-state index contributed by atoms with van der Waals surface area (Å²) in [5, 5.41) is 2.63. The molecule has 0 fully saturated rings. The van der Waals surface area contributed by atoms with Crippen molar-refractivity contribution in [1.29, 1.82) is 0 Å². The monoisotopic (exact) mass is 279 g/mol. The Balaban J connectivity index is 2.92. The summed E-state index contributed by atoms with van der Waals surface area (Å²) in [4.78, 5) is 23.6. The molecule has 0 saturated carbocycles. The van der Waals surface area contributed by atoms with Gasteiger partial charge < -0.3 is 10.1 Å². The van der Waals surface area contributed by atoms with Crippen molar-refractivity contribution in [3.05, 3.63) is 41.9 Å². The molecule has 0 unspecified atom stereocenters. The topological polar surface area (TPSA) is 55.4 Å². The molecule has 0 aromatic heterocycles. The third-order valence-corrected chi connectivity index (χ3v) is 2.52. The van der Waals surface area contributed by atoms with Crippen molar-refractivity contribution in [2.45, 2.75) is 26.7 Å². The van der Waals surface area contributed by atoms with Gasteiger partial charge in [0.25, 0.3) is 0 Å². The Morgan fingerprint density at radius 2 is 2.00 bits per heavy atom. The molecule has 1 aromatic carbocycles. The van der Waals surface area contributed by atoms with Crippen LogP contribution in [0.1, 0.15) is 26.7 Å². The zero-order chi connectivity index (χ0) is 15.0. The maximum absolute atomic E-state index is 13.4. The second-order valence-electron chi connectivity index (χ2n) is 4.08. The molecule has 5 heteroatoms. The van der Waals surface area contributed by atoms with E-state index in [1.165, 1.54) is 18.3 Å². The number of halogens is 1. The van der Waals surface area contributed by atoms with Gasteiger partial charge in [-0.05, 0) is 25.5 Å². The number of anilines is 1. The fourth-order valence-corrected chi connectivity index (χ4v) is 1.55. The van der Waals surface area contributed by atoms with Crippen molar-refractivity contribution in [3.63, 3.8) is 0 Å². The molecular weight excluding hydrogens is 261 g/mol. The molecule has 0 spiro atoms. The van der Waals surface area contributed by atoms with E-state index in [4.69, 9.17) is 4.74 Å². The lowest BCUT2D eigenvalue weighted by atomic mass is 10.1. The molecule has 0 atom stereocenters. The number of ketones is 1. The third kappa shape index (κ3) is 4.50. The molecule has 0 saturated heterocycles. The number of rotatable bonds is 7. The first-order valence-electron chi connectivity index (χ1n) is 6.51. The molecule has 0 amide bonds. The number of ether oxygens (including phenoxy) is 1. The summed E-state index contributed by atoms with van der Waals surface area (Å²) < 4.78 is 18.3. The summed E-state index contributed by atoms with van der Waals surface area (Å²) in [5.41, 5.74) is 0.0931. The molecule has 0 bridgehead atoms. The highest BCUT2D eigenvalue weighted by Crippen LogP contribution is 2.14. The van der Waals surface area contributed by atoms with Gasteiger partial charge in [-0.1, -0.05) is 19.1 Å². The highest BCUT2D eigenvalue weighted by Gasteiger charge is 2.18. The Morgan fingerprint density at radius 3 is 2.60 bits per heavy atom. The summed E-state index contributed by atoms with van der Waals surface area (Å²) in [6, 6.07) is 6.00. The van der Waals surface area contributed by atoms with Gasteiger partial charge in [0.15, 0.2) is 5.78 Å². The van der Waals surface area contributed by atoms with E-state index < -0.39 is 11.8 Å². The molecule has 0 aliphatic rings. The molecule has 0 radical (unpaired) electrons. The number of hydrogen-bond donors (Lipinski definition) is 1. The smallest absolute Gasteiger partial charge is 0.343 e. The van der Waals surface area contributed by atoms with Gasteiger partial charge in [0.1, 0.15) is 11.4 Å². The van der Waals surface area contributed by atoms with Crippen LogP contribution in [-0.4, -0.2) is 18.4 Å². The van der Waals surface area contributed by atoms with E-state index in [9.17, 15) is 14.0 Å². The molecule has 4 nitrogen and oxygen atoms in total. The predicted molar refractivity (Wildman–Crippen MR) is 74.7 cm³/mol. The van der Waals surface area contributed by atoms with Gasteiger partial charge in [-0.15, -0.1) is 0 Å². The summed E-state index contributed by atoms with van der Waals surface area (Å²) in [6.45, 7) is 3.67. The number of nitrogens with one attached hydrogen (secondary N) is 1. The van der Waals surface area contributed by atoms with E-state index in [0.29, 0.717) is 6.42 Å². The number of hydrogen-bond acceptors (Lipinski definition) is 4. The fraction of sp³-hybridized carbons (Fsp3) is 0.333. The molecule has 0 aliphatic carbocycles. The van der Waals surface area contributed by atoms with Crippen LogP contribution in [0.2, 0.25) is 0 Å². The number of Topliss-reactive ketones (excluding diaryl/α,β-unsaturated/α-hetero) is 1.